The van der Waals surface area contributed by atoms with Crippen molar-refractivity contribution in [1.82, 2.24) is 9.80 Å². The molecule has 2 heterocycles. The Morgan fingerprint density at radius 3 is 2.67 bits per heavy atom. The van der Waals surface area contributed by atoms with E-state index >= 15 is 0 Å². The number of nitrogens with zero attached hydrogens (tertiary/aromatic N) is 2. The number of carbonyl (C=O) groups excluding carboxylic acids is 1. The van der Waals surface area contributed by atoms with Crippen LogP contribution in [-0.2, 0) is 4.79 Å². The predicted molar refractivity (Wildman–Crippen MR) is 71.3 cm³/mol. The lowest BCUT2D eigenvalue weighted by Crippen LogP contribution is -2.55. The molecule has 0 spiro atoms. The van der Waals surface area contributed by atoms with Gasteiger partial charge in [0.05, 0.1) is 6.10 Å². The van der Waals surface area contributed by atoms with Gasteiger partial charge in [0.15, 0.2) is 0 Å². The first-order chi connectivity index (χ1) is 8.38. The molecular formula is C14H26N2O2. The van der Waals surface area contributed by atoms with Gasteiger partial charge in [0.1, 0.15) is 0 Å². The second-order valence-corrected chi connectivity index (χ2v) is 6.63. The molecule has 1 N–H and O–H groups in total. The zero-order chi connectivity index (χ0) is 13.3. The van der Waals surface area contributed by atoms with Gasteiger partial charge in [0.2, 0.25) is 5.91 Å². The van der Waals surface area contributed by atoms with E-state index < -0.39 is 0 Å². The summed E-state index contributed by atoms with van der Waals surface area (Å²) in [7, 11) is 2.11. The molecule has 2 aliphatic heterocycles. The Hall–Kier alpha value is -0.610. The third-order valence-corrected chi connectivity index (χ3v) is 4.47. The maximum atomic E-state index is 12.4. The fourth-order valence-corrected chi connectivity index (χ4v) is 3.19. The van der Waals surface area contributed by atoms with Crippen LogP contribution in [0.25, 0.3) is 0 Å². The summed E-state index contributed by atoms with van der Waals surface area (Å²) in [5.41, 5.74) is -0.0964. The van der Waals surface area contributed by atoms with Crippen LogP contribution in [0.2, 0.25) is 0 Å². The second kappa shape index (κ2) is 5.17. The number of carbonyl (C=O) groups is 1. The van der Waals surface area contributed by atoms with Crippen molar-refractivity contribution >= 4 is 5.91 Å². The van der Waals surface area contributed by atoms with Gasteiger partial charge in [-0.1, -0.05) is 0 Å². The van der Waals surface area contributed by atoms with Crippen LogP contribution in [0.3, 0.4) is 0 Å². The number of hydrogen-bond donors (Lipinski definition) is 1. The van der Waals surface area contributed by atoms with Crippen molar-refractivity contribution < 1.29 is 9.90 Å². The van der Waals surface area contributed by atoms with E-state index in [9.17, 15) is 9.90 Å². The van der Waals surface area contributed by atoms with Gasteiger partial charge in [-0.2, -0.15) is 0 Å². The molecule has 0 aromatic carbocycles. The standard InChI is InChI=1S/C14H26N2O2/c1-14(2)6-4-12(17)10-16(14)13(18)8-11-5-7-15(3)9-11/h11-12,17H,4-10H2,1-3H3. The maximum Gasteiger partial charge on any atom is 0.223 e. The SMILES string of the molecule is CN1CCC(CC(=O)N2CC(O)CCC2(C)C)C1. The number of amides is 1. The quantitative estimate of drug-likeness (QED) is 0.802. The van der Waals surface area contributed by atoms with E-state index in [4.69, 9.17) is 0 Å². The smallest absolute Gasteiger partial charge is 0.223 e. The Bertz CT molecular complexity index is 317. The molecule has 0 aromatic rings. The van der Waals surface area contributed by atoms with Gasteiger partial charge in [-0.25, -0.2) is 0 Å². The van der Waals surface area contributed by atoms with E-state index in [0.29, 0.717) is 18.9 Å². The molecule has 2 rings (SSSR count). The predicted octanol–water partition coefficient (Wildman–Crippen LogP) is 1.09. The summed E-state index contributed by atoms with van der Waals surface area (Å²) in [4.78, 5) is 16.6. The first kappa shape index (κ1) is 13.8. The van der Waals surface area contributed by atoms with Crippen molar-refractivity contribution in [2.45, 2.75) is 51.2 Å². The van der Waals surface area contributed by atoms with Crippen LogP contribution in [-0.4, -0.2) is 59.1 Å². The first-order valence-electron chi connectivity index (χ1n) is 7.05. The summed E-state index contributed by atoms with van der Waals surface area (Å²) in [6, 6.07) is 0. The third kappa shape index (κ3) is 3.04. The molecular weight excluding hydrogens is 228 g/mol. The van der Waals surface area contributed by atoms with Gasteiger partial charge < -0.3 is 14.9 Å². The van der Waals surface area contributed by atoms with Crippen LogP contribution >= 0.6 is 0 Å². The lowest BCUT2D eigenvalue weighted by molar-refractivity contribution is -0.143. The highest BCUT2D eigenvalue weighted by Gasteiger charge is 2.37. The molecule has 2 atom stereocenters. The molecule has 4 nitrogen and oxygen atoms in total. The average molecular weight is 254 g/mol. The third-order valence-electron chi connectivity index (χ3n) is 4.47. The molecule has 0 radical (unpaired) electrons. The van der Waals surface area contributed by atoms with E-state index in [0.717, 1.165) is 32.4 Å². The number of likely N-dealkylation sites (tertiary alicyclic amines) is 2. The molecule has 0 saturated carbocycles. The van der Waals surface area contributed by atoms with Crippen molar-refractivity contribution in [3.63, 3.8) is 0 Å². The number of aliphatic hydroxyl groups is 1. The van der Waals surface area contributed by atoms with E-state index in [1.807, 2.05) is 4.90 Å². The molecule has 0 aromatic heterocycles. The minimum atomic E-state index is -0.340. The van der Waals surface area contributed by atoms with Crippen LogP contribution in [0.4, 0.5) is 0 Å². The lowest BCUT2D eigenvalue weighted by Gasteiger charge is -2.44. The molecule has 2 unspecified atom stereocenters. The van der Waals surface area contributed by atoms with Gasteiger partial charge in [-0.05, 0) is 52.6 Å². The minimum absolute atomic E-state index is 0.0964. The summed E-state index contributed by atoms with van der Waals surface area (Å²) in [5.74, 6) is 0.719. The van der Waals surface area contributed by atoms with Crippen LogP contribution < -0.4 is 0 Å². The van der Waals surface area contributed by atoms with E-state index in [-0.39, 0.29) is 17.6 Å². The number of β-amino-alcohol motifs (C(OH)–C–C–N with tert-alkyl or cyclic N) is 1. The van der Waals surface area contributed by atoms with Crippen molar-refractivity contribution in [3.8, 4) is 0 Å². The summed E-state index contributed by atoms with van der Waals surface area (Å²) in [6.07, 6.45) is 3.13. The molecule has 0 aliphatic carbocycles. The topological polar surface area (TPSA) is 43.8 Å². The Morgan fingerprint density at radius 1 is 1.33 bits per heavy atom. The zero-order valence-electron chi connectivity index (χ0n) is 11.9. The monoisotopic (exact) mass is 254 g/mol. The van der Waals surface area contributed by atoms with Gasteiger partial charge in [-0.3, -0.25) is 4.79 Å². The molecule has 104 valence electrons. The molecule has 0 bridgehead atoms. The largest absolute Gasteiger partial charge is 0.391 e. The molecule has 18 heavy (non-hydrogen) atoms. The zero-order valence-corrected chi connectivity index (χ0v) is 11.9. The Balaban J connectivity index is 1.94. The van der Waals surface area contributed by atoms with E-state index in [1.165, 1.54) is 0 Å². The highest BCUT2D eigenvalue weighted by molar-refractivity contribution is 5.77. The van der Waals surface area contributed by atoms with Gasteiger partial charge in [-0.15, -0.1) is 0 Å². The average Bonchev–Trinajstić information content (AvgIpc) is 2.67. The van der Waals surface area contributed by atoms with E-state index in [1.54, 1.807) is 0 Å². The van der Waals surface area contributed by atoms with Crippen LogP contribution in [0.15, 0.2) is 0 Å². The number of aliphatic hydroxyl groups excluding tert-OH is 1. The fraction of sp³-hybridized carbons (Fsp3) is 0.929. The first-order valence-corrected chi connectivity index (χ1v) is 7.05. The molecule has 4 heteroatoms. The number of hydrogen-bond acceptors (Lipinski definition) is 3. The Morgan fingerprint density at radius 2 is 2.06 bits per heavy atom. The normalized spacial score (nSPS) is 32.8. The van der Waals surface area contributed by atoms with Gasteiger partial charge in [0, 0.05) is 25.0 Å². The molecule has 2 saturated heterocycles. The molecule has 2 fully saturated rings. The van der Waals surface area contributed by atoms with Gasteiger partial charge >= 0.3 is 0 Å². The minimum Gasteiger partial charge on any atom is -0.391 e. The number of rotatable bonds is 2. The highest BCUT2D eigenvalue weighted by Crippen LogP contribution is 2.29. The van der Waals surface area contributed by atoms with Crippen molar-refractivity contribution in [2.75, 3.05) is 26.7 Å². The fourth-order valence-electron chi connectivity index (χ4n) is 3.19. The van der Waals surface area contributed by atoms with E-state index in [2.05, 4.69) is 25.8 Å². The van der Waals surface area contributed by atoms with Crippen LogP contribution in [0.5, 0.6) is 0 Å². The summed E-state index contributed by atoms with van der Waals surface area (Å²) in [5, 5.41) is 9.76. The van der Waals surface area contributed by atoms with Crippen LogP contribution in [0.1, 0.15) is 39.5 Å². The summed E-state index contributed by atoms with van der Waals surface area (Å²) in [6.45, 7) is 6.86. The second-order valence-electron chi connectivity index (χ2n) is 6.63. The lowest BCUT2D eigenvalue weighted by atomic mass is 9.88. The van der Waals surface area contributed by atoms with Crippen molar-refractivity contribution in [1.29, 1.82) is 0 Å². The number of piperidine rings is 1. The summed E-state index contributed by atoms with van der Waals surface area (Å²) >= 11 is 0. The Kier molecular flexibility index (Phi) is 3.97. The van der Waals surface area contributed by atoms with Crippen LogP contribution in [0, 0.1) is 5.92 Å². The van der Waals surface area contributed by atoms with Gasteiger partial charge in [0.25, 0.3) is 0 Å². The Labute approximate surface area is 110 Å². The maximum absolute atomic E-state index is 12.4. The van der Waals surface area contributed by atoms with Crippen molar-refractivity contribution in [2.24, 2.45) is 5.92 Å². The highest BCUT2D eigenvalue weighted by atomic mass is 16.3. The van der Waals surface area contributed by atoms with Crippen molar-refractivity contribution in [3.05, 3.63) is 0 Å². The molecule has 2 aliphatic rings. The summed E-state index contributed by atoms with van der Waals surface area (Å²) < 4.78 is 0. The molecule has 1 amide bonds.